The van der Waals surface area contributed by atoms with E-state index in [-0.39, 0.29) is 19.2 Å². The molecule has 0 radical (unpaired) electrons. The van der Waals surface area contributed by atoms with Crippen LogP contribution in [0.4, 0.5) is 5.00 Å². The zero-order valence-corrected chi connectivity index (χ0v) is 18.6. The van der Waals surface area contributed by atoms with Gasteiger partial charge in [0.15, 0.2) is 5.03 Å². The minimum absolute atomic E-state index is 0.0755. The van der Waals surface area contributed by atoms with E-state index >= 15 is 0 Å². The van der Waals surface area contributed by atoms with Gasteiger partial charge in [-0.15, -0.1) is 0 Å². The van der Waals surface area contributed by atoms with Gasteiger partial charge in [-0.3, -0.25) is 0 Å². The van der Waals surface area contributed by atoms with E-state index in [9.17, 15) is 16.8 Å². The Labute approximate surface area is 179 Å². The second kappa shape index (κ2) is 8.10. The highest BCUT2D eigenvalue weighted by molar-refractivity contribution is 7.94. The molecule has 1 aliphatic heterocycles. The number of hydrogen-bond acceptors (Lipinski definition) is 8. The Kier molecular flexibility index (Phi) is 5.67. The maximum Gasteiger partial charge on any atom is 0.233 e. The largest absolute Gasteiger partial charge is 0.378 e. The van der Waals surface area contributed by atoms with Gasteiger partial charge < -0.3 is 9.64 Å². The Morgan fingerprint density at radius 1 is 0.867 bits per heavy atom. The van der Waals surface area contributed by atoms with E-state index < -0.39 is 19.7 Å². The van der Waals surface area contributed by atoms with Gasteiger partial charge in [0.25, 0.3) is 0 Å². The average Bonchev–Trinajstić information content (AvgIpc) is 3.23. The molecule has 0 N–H and O–H groups in total. The van der Waals surface area contributed by atoms with Crippen LogP contribution in [-0.2, 0) is 24.4 Å². The van der Waals surface area contributed by atoms with Crippen molar-refractivity contribution in [2.24, 2.45) is 0 Å². The van der Waals surface area contributed by atoms with Gasteiger partial charge in [0.2, 0.25) is 24.0 Å². The molecule has 10 heteroatoms. The number of hydrogen-bond donors (Lipinski definition) is 0. The maximum atomic E-state index is 13.4. The van der Waals surface area contributed by atoms with Crippen LogP contribution >= 0.6 is 11.3 Å². The van der Waals surface area contributed by atoms with Crippen LogP contribution in [0.5, 0.6) is 0 Å². The monoisotopic (exact) mass is 464 g/mol. The van der Waals surface area contributed by atoms with E-state index in [1.807, 2.05) is 11.8 Å². The summed E-state index contributed by atoms with van der Waals surface area (Å²) in [5.74, 6) is 0. The fraction of sp³-hybridized carbons (Fsp3) is 0.250. The molecule has 1 fully saturated rings. The molecule has 0 saturated carbocycles. The molecule has 158 valence electrons. The zero-order valence-electron chi connectivity index (χ0n) is 16.2. The van der Waals surface area contributed by atoms with Crippen LogP contribution in [0, 0.1) is 6.92 Å². The molecule has 1 saturated heterocycles. The number of benzene rings is 2. The first-order valence-corrected chi connectivity index (χ1v) is 13.0. The number of nitrogens with zero attached hydrogens (tertiary/aromatic N) is 2. The molecule has 2 aromatic carbocycles. The molecule has 1 aliphatic rings. The minimum Gasteiger partial charge on any atom is -0.378 e. The number of morpholine rings is 1. The summed E-state index contributed by atoms with van der Waals surface area (Å²) < 4.78 is 58.1. The highest BCUT2D eigenvalue weighted by atomic mass is 32.2. The maximum absolute atomic E-state index is 13.4. The van der Waals surface area contributed by atoms with Crippen molar-refractivity contribution in [1.82, 2.24) is 4.98 Å². The zero-order chi connectivity index (χ0) is 21.4. The van der Waals surface area contributed by atoms with Crippen molar-refractivity contribution in [1.29, 1.82) is 0 Å². The van der Waals surface area contributed by atoms with Crippen LogP contribution in [0.25, 0.3) is 0 Å². The van der Waals surface area contributed by atoms with Crippen molar-refractivity contribution in [2.75, 3.05) is 31.2 Å². The summed E-state index contributed by atoms with van der Waals surface area (Å²) in [6.07, 6.45) is 0. The van der Waals surface area contributed by atoms with Crippen LogP contribution in [0.3, 0.4) is 0 Å². The molecule has 3 aromatic rings. The Balaban J connectivity index is 1.88. The highest BCUT2D eigenvalue weighted by Gasteiger charge is 2.33. The number of rotatable bonds is 5. The van der Waals surface area contributed by atoms with Gasteiger partial charge >= 0.3 is 0 Å². The molecule has 4 rings (SSSR count). The first-order valence-electron chi connectivity index (χ1n) is 9.25. The molecule has 0 bridgehead atoms. The van der Waals surface area contributed by atoms with E-state index in [2.05, 4.69) is 4.98 Å². The molecular formula is C20H20N2O5S3. The van der Waals surface area contributed by atoms with Crippen molar-refractivity contribution >= 4 is 36.0 Å². The highest BCUT2D eigenvalue weighted by Crippen LogP contribution is 2.39. The summed E-state index contributed by atoms with van der Waals surface area (Å²) in [7, 11) is -7.95. The van der Waals surface area contributed by atoms with Crippen molar-refractivity contribution in [3.8, 4) is 0 Å². The van der Waals surface area contributed by atoms with E-state index in [4.69, 9.17) is 4.74 Å². The first kappa shape index (κ1) is 21.0. The standard InChI is InChI=1S/C20H20N2O5S3/c1-15-7-9-17(10-8-15)29(23,24)18-19(22-11-13-27-14-12-22)28-20(21-18)30(25,26)16-5-3-2-4-6-16/h2-10H,11-14H2,1H3. The molecule has 0 atom stereocenters. The second-order valence-electron chi connectivity index (χ2n) is 6.82. The summed E-state index contributed by atoms with van der Waals surface area (Å²) in [5.41, 5.74) is 0.924. The molecule has 0 unspecified atom stereocenters. The van der Waals surface area contributed by atoms with E-state index in [1.165, 1.54) is 24.3 Å². The molecular weight excluding hydrogens is 444 g/mol. The topological polar surface area (TPSA) is 93.6 Å². The number of aryl methyl sites for hydroxylation is 1. The van der Waals surface area contributed by atoms with Gasteiger partial charge in [-0.1, -0.05) is 47.2 Å². The molecule has 0 amide bonds. The van der Waals surface area contributed by atoms with Crippen LogP contribution in [0.15, 0.2) is 73.8 Å². The quantitative estimate of drug-likeness (QED) is 0.573. The van der Waals surface area contributed by atoms with Crippen molar-refractivity contribution in [3.63, 3.8) is 0 Å². The fourth-order valence-electron chi connectivity index (χ4n) is 3.07. The summed E-state index contributed by atoms with van der Waals surface area (Å²) in [5, 5.41) is 0.0983. The number of ether oxygens (including phenoxy) is 1. The number of sulfone groups is 2. The predicted molar refractivity (Wildman–Crippen MR) is 114 cm³/mol. The van der Waals surface area contributed by atoms with Gasteiger partial charge in [-0.2, -0.15) is 0 Å². The van der Waals surface area contributed by atoms with E-state index in [1.54, 1.807) is 30.3 Å². The van der Waals surface area contributed by atoms with Crippen LogP contribution < -0.4 is 4.90 Å². The van der Waals surface area contributed by atoms with Crippen molar-refractivity contribution in [2.45, 2.75) is 26.1 Å². The lowest BCUT2D eigenvalue weighted by atomic mass is 10.2. The smallest absolute Gasteiger partial charge is 0.233 e. The summed E-state index contributed by atoms with van der Waals surface area (Å²) in [6.45, 7) is 3.65. The van der Waals surface area contributed by atoms with Gasteiger partial charge in [-0.25, -0.2) is 21.8 Å². The van der Waals surface area contributed by atoms with E-state index in [0.29, 0.717) is 31.3 Å². The molecule has 0 aliphatic carbocycles. The molecule has 0 spiro atoms. The summed E-state index contributed by atoms with van der Waals surface area (Å²) >= 11 is 0.885. The van der Waals surface area contributed by atoms with E-state index in [0.717, 1.165) is 16.9 Å². The van der Waals surface area contributed by atoms with Gasteiger partial charge in [0.1, 0.15) is 5.00 Å². The molecule has 2 heterocycles. The van der Waals surface area contributed by atoms with Crippen molar-refractivity contribution < 1.29 is 21.6 Å². The van der Waals surface area contributed by atoms with Gasteiger partial charge in [0, 0.05) is 13.1 Å². The van der Waals surface area contributed by atoms with Crippen LogP contribution in [-0.4, -0.2) is 48.1 Å². The second-order valence-corrected chi connectivity index (χ2v) is 11.8. The number of aromatic nitrogens is 1. The van der Waals surface area contributed by atoms with Crippen molar-refractivity contribution in [3.05, 3.63) is 60.2 Å². The Morgan fingerprint density at radius 3 is 2.10 bits per heavy atom. The number of anilines is 1. The third-order valence-electron chi connectivity index (χ3n) is 4.73. The Bertz CT molecular complexity index is 1250. The van der Waals surface area contributed by atoms with Crippen LogP contribution in [0.1, 0.15) is 5.56 Å². The van der Waals surface area contributed by atoms with Crippen LogP contribution in [0.2, 0.25) is 0 Å². The number of thiazole rings is 1. The molecule has 1 aromatic heterocycles. The third-order valence-corrected chi connectivity index (χ3v) is 9.81. The van der Waals surface area contributed by atoms with Gasteiger partial charge in [-0.05, 0) is 31.2 Å². The fourth-order valence-corrected chi connectivity index (χ4v) is 7.56. The molecule has 7 nitrogen and oxygen atoms in total. The Hall–Kier alpha value is -2.27. The lowest BCUT2D eigenvalue weighted by Crippen LogP contribution is -2.36. The average molecular weight is 465 g/mol. The van der Waals surface area contributed by atoms with Gasteiger partial charge in [0.05, 0.1) is 23.0 Å². The molecule has 30 heavy (non-hydrogen) atoms. The third kappa shape index (κ3) is 3.87. The lowest BCUT2D eigenvalue weighted by molar-refractivity contribution is 0.123. The lowest BCUT2D eigenvalue weighted by Gasteiger charge is -2.27. The predicted octanol–water partition coefficient (Wildman–Crippen LogP) is 2.95. The summed E-state index contributed by atoms with van der Waals surface area (Å²) in [4.78, 5) is 6.15. The minimum atomic E-state index is -4.00. The normalized spacial score (nSPS) is 15.3. The first-order chi connectivity index (χ1) is 14.3. The SMILES string of the molecule is Cc1ccc(S(=O)(=O)c2nc(S(=O)(=O)c3ccccc3)sc2N2CCOCC2)cc1. The Morgan fingerprint density at radius 2 is 1.47 bits per heavy atom. The summed E-state index contributed by atoms with van der Waals surface area (Å²) in [6, 6.07) is 14.3.